The van der Waals surface area contributed by atoms with Gasteiger partial charge in [0.15, 0.2) is 0 Å². The Morgan fingerprint density at radius 1 is 0.950 bits per heavy atom. The predicted octanol–water partition coefficient (Wildman–Crippen LogP) is 6.79. The van der Waals surface area contributed by atoms with Crippen LogP contribution in [0.25, 0.3) is 0 Å². The summed E-state index contributed by atoms with van der Waals surface area (Å²) in [5.74, 6) is 1.66. The third-order valence-electron chi connectivity index (χ3n) is 1.66. The van der Waals surface area contributed by atoms with Crippen LogP contribution in [0.5, 0.6) is 5.75 Å². The largest absolute Gasteiger partial charge is 0.458 e. The summed E-state index contributed by atoms with van der Waals surface area (Å²) in [6.45, 7) is 17.5. The Morgan fingerprint density at radius 3 is 1.85 bits per heavy atom. The monoisotopic (exact) mass is 276 g/mol. The van der Waals surface area contributed by atoms with Gasteiger partial charge >= 0.3 is 0 Å². The molecule has 1 aromatic carbocycles. The SMILES string of the molecule is C=C/C=C\C(=C/C)Oc1ccccc1.CC.CC.CC. The van der Waals surface area contributed by atoms with E-state index in [1.165, 1.54) is 0 Å². The van der Waals surface area contributed by atoms with Crippen molar-refractivity contribution in [2.75, 3.05) is 0 Å². The summed E-state index contributed by atoms with van der Waals surface area (Å²) in [7, 11) is 0. The van der Waals surface area contributed by atoms with Gasteiger partial charge in [0, 0.05) is 0 Å². The van der Waals surface area contributed by atoms with Crippen LogP contribution in [0.15, 0.2) is 67.0 Å². The van der Waals surface area contributed by atoms with E-state index in [0.717, 1.165) is 11.5 Å². The summed E-state index contributed by atoms with van der Waals surface area (Å²) >= 11 is 0. The average molecular weight is 276 g/mol. The maximum absolute atomic E-state index is 5.59. The van der Waals surface area contributed by atoms with Crippen LogP contribution in [0.1, 0.15) is 48.5 Å². The molecule has 0 spiro atoms. The molecule has 0 aromatic heterocycles. The smallest absolute Gasteiger partial charge is 0.127 e. The van der Waals surface area contributed by atoms with Gasteiger partial charge in [-0.2, -0.15) is 0 Å². The Kier molecular flexibility index (Phi) is 26.2. The molecule has 1 aromatic rings. The van der Waals surface area contributed by atoms with E-state index in [2.05, 4.69) is 6.58 Å². The van der Waals surface area contributed by atoms with Gasteiger partial charge in [-0.25, -0.2) is 0 Å². The molecule has 1 heteroatoms. The van der Waals surface area contributed by atoms with Crippen LogP contribution in [0.3, 0.4) is 0 Å². The van der Waals surface area contributed by atoms with E-state index in [1.807, 2.05) is 97.0 Å². The highest BCUT2D eigenvalue weighted by Gasteiger charge is 1.93. The summed E-state index contributed by atoms with van der Waals surface area (Å²) < 4.78 is 5.59. The van der Waals surface area contributed by atoms with Crippen LogP contribution in [0, 0.1) is 0 Å². The number of rotatable bonds is 4. The fourth-order valence-electron chi connectivity index (χ4n) is 0.977. The number of hydrogen-bond donors (Lipinski definition) is 0. The van der Waals surface area contributed by atoms with Crippen molar-refractivity contribution in [3.05, 3.63) is 67.0 Å². The first kappa shape index (κ1) is 23.3. The van der Waals surface area contributed by atoms with Crippen LogP contribution in [0.2, 0.25) is 0 Å². The summed E-state index contributed by atoms with van der Waals surface area (Å²) in [6.07, 6.45) is 7.35. The third-order valence-corrected chi connectivity index (χ3v) is 1.66. The third kappa shape index (κ3) is 14.3. The zero-order chi connectivity index (χ0) is 16.2. The van der Waals surface area contributed by atoms with Gasteiger partial charge in [-0.15, -0.1) is 0 Å². The van der Waals surface area contributed by atoms with Crippen molar-refractivity contribution in [1.82, 2.24) is 0 Å². The Balaban J connectivity index is -0.000000425. The number of allylic oxidation sites excluding steroid dienone is 4. The highest BCUT2D eigenvalue weighted by molar-refractivity contribution is 5.26. The molecule has 1 rings (SSSR count). The first-order chi connectivity index (χ1) is 9.86. The Hall–Kier alpha value is -1.76. The Labute approximate surface area is 126 Å². The van der Waals surface area contributed by atoms with Crippen molar-refractivity contribution in [3.8, 4) is 5.75 Å². The molecule has 0 N–H and O–H groups in total. The van der Waals surface area contributed by atoms with Crippen molar-refractivity contribution < 1.29 is 4.74 Å². The summed E-state index contributed by atoms with van der Waals surface area (Å²) in [6, 6.07) is 9.69. The van der Waals surface area contributed by atoms with E-state index in [1.54, 1.807) is 6.08 Å². The van der Waals surface area contributed by atoms with Gasteiger partial charge in [-0.05, 0) is 31.2 Å². The van der Waals surface area contributed by atoms with Crippen molar-refractivity contribution in [2.24, 2.45) is 0 Å². The molecule has 0 bridgehead atoms. The Bertz CT molecular complexity index is 334. The van der Waals surface area contributed by atoms with E-state index in [9.17, 15) is 0 Å². The fourth-order valence-corrected chi connectivity index (χ4v) is 0.977. The van der Waals surface area contributed by atoms with Gasteiger partial charge < -0.3 is 4.74 Å². The number of para-hydroxylation sites is 1. The summed E-state index contributed by atoms with van der Waals surface area (Å²) in [5.41, 5.74) is 0. The molecule has 0 fully saturated rings. The van der Waals surface area contributed by atoms with Crippen LogP contribution in [0.4, 0.5) is 0 Å². The molecule has 0 aliphatic heterocycles. The van der Waals surface area contributed by atoms with Gasteiger partial charge in [0.05, 0.1) is 0 Å². The predicted molar refractivity (Wildman–Crippen MR) is 94.2 cm³/mol. The van der Waals surface area contributed by atoms with Crippen LogP contribution in [-0.4, -0.2) is 0 Å². The fraction of sp³-hybridized carbons (Fsp3) is 0.368. The summed E-state index contributed by atoms with van der Waals surface area (Å²) in [5, 5.41) is 0. The highest BCUT2D eigenvalue weighted by atomic mass is 16.5. The molecule has 0 saturated carbocycles. The van der Waals surface area contributed by atoms with E-state index < -0.39 is 0 Å². The quantitative estimate of drug-likeness (QED) is 0.434. The lowest BCUT2D eigenvalue weighted by atomic mass is 10.3. The molecule has 114 valence electrons. The highest BCUT2D eigenvalue weighted by Crippen LogP contribution is 2.13. The molecule has 0 unspecified atom stereocenters. The average Bonchev–Trinajstić information content (AvgIpc) is 2.58. The minimum atomic E-state index is 0.816. The molecule has 0 saturated heterocycles. The summed E-state index contributed by atoms with van der Waals surface area (Å²) in [4.78, 5) is 0. The molecule has 20 heavy (non-hydrogen) atoms. The van der Waals surface area contributed by atoms with E-state index in [4.69, 9.17) is 4.74 Å². The first-order valence-electron chi connectivity index (χ1n) is 7.55. The van der Waals surface area contributed by atoms with Gasteiger partial charge in [-0.3, -0.25) is 0 Å². The lowest BCUT2D eigenvalue weighted by Gasteiger charge is -2.04. The molecule has 0 radical (unpaired) electrons. The number of ether oxygens (including phenoxy) is 1. The lowest BCUT2D eigenvalue weighted by molar-refractivity contribution is 0.443. The second-order valence-electron chi connectivity index (χ2n) is 2.70. The maximum Gasteiger partial charge on any atom is 0.127 e. The van der Waals surface area contributed by atoms with Crippen molar-refractivity contribution in [2.45, 2.75) is 48.5 Å². The molecular formula is C19H32O. The molecule has 0 amide bonds. The molecular weight excluding hydrogens is 244 g/mol. The van der Waals surface area contributed by atoms with E-state index in [0.29, 0.717) is 0 Å². The first-order valence-corrected chi connectivity index (χ1v) is 7.55. The van der Waals surface area contributed by atoms with Crippen molar-refractivity contribution in [1.29, 1.82) is 0 Å². The lowest BCUT2D eigenvalue weighted by Crippen LogP contribution is -1.90. The van der Waals surface area contributed by atoms with Gasteiger partial charge in [-0.1, -0.05) is 78.5 Å². The molecule has 0 atom stereocenters. The van der Waals surface area contributed by atoms with Crippen LogP contribution < -0.4 is 4.74 Å². The van der Waals surface area contributed by atoms with E-state index in [-0.39, 0.29) is 0 Å². The number of benzene rings is 1. The van der Waals surface area contributed by atoms with Crippen molar-refractivity contribution >= 4 is 0 Å². The molecule has 0 aliphatic rings. The van der Waals surface area contributed by atoms with Gasteiger partial charge in [0.2, 0.25) is 0 Å². The second kappa shape index (κ2) is 22.4. The number of hydrogen-bond acceptors (Lipinski definition) is 1. The molecule has 0 aliphatic carbocycles. The minimum Gasteiger partial charge on any atom is -0.458 e. The second-order valence-corrected chi connectivity index (χ2v) is 2.70. The van der Waals surface area contributed by atoms with Gasteiger partial charge in [0.1, 0.15) is 11.5 Å². The van der Waals surface area contributed by atoms with Crippen LogP contribution in [-0.2, 0) is 0 Å². The maximum atomic E-state index is 5.59. The van der Waals surface area contributed by atoms with Gasteiger partial charge in [0.25, 0.3) is 0 Å². The van der Waals surface area contributed by atoms with E-state index >= 15 is 0 Å². The molecule has 0 heterocycles. The van der Waals surface area contributed by atoms with Crippen LogP contribution >= 0.6 is 0 Å². The normalized spacial score (nSPS) is 9.05. The topological polar surface area (TPSA) is 9.23 Å². The molecule has 1 nitrogen and oxygen atoms in total. The standard InChI is InChI=1S/C13H14O.3C2H6/c1-3-5-9-12(4-2)14-13-10-7-6-8-11-13;3*1-2/h3-11H,1H2,2H3;3*1-2H3/b9-5-,12-4+;;;. The Morgan fingerprint density at radius 2 is 1.45 bits per heavy atom. The minimum absolute atomic E-state index is 0.816. The zero-order valence-corrected chi connectivity index (χ0v) is 14.3. The zero-order valence-electron chi connectivity index (χ0n) is 14.3. The van der Waals surface area contributed by atoms with Crippen molar-refractivity contribution in [3.63, 3.8) is 0 Å².